The number of likely N-dealkylation sites (N-methyl/N-ethyl adjacent to an activating group) is 4. The van der Waals surface area contributed by atoms with Crippen LogP contribution in [0.25, 0.3) is 0 Å². The summed E-state index contributed by atoms with van der Waals surface area (Å²) in [6.45, 7) is 17.4. The maximum atomic E-state index is 12.5. The van der Waals surface area contributed by atoms with E-state index >= 15 is 0 Å². The van der Waals surface area contributed by atoms with Crippen LogP contribution in [0.4, 0.5) is 0 Å². The average molecular weight is 356 g/mol. The molecular formula is C18H37N5O2. The quantitative estimate of drug-likeness (QED) is 0.765. The molecule has 1 aliphatic heterocycles. The first-order chi connectivity index (χ1) is 12.0. The van der Waals surface area contributed by atoms with Gasteiger partial charge in [-0.05, 0) is 26.6 Å². The molecule has 0 saturated carbocycles. The molecule has 0 aromatic heterocycles. The van der Waals surface area contributed by atoms with E-state index in [1.807, 2.05) is 11.8 Å². The Hall–Kier alpha value is -1.18. The molecule has 7 heteroatoms. The summed E-state index contributed by atoms with van der Waals surface area (Å²) in [5.74, 6) is 0.185. The van der Waals surface area contributed by atoms with Gasteiger partial charge >= 0.3 is 0 Å². The molecule has 7 nitrogen and oxygen atoms in total. The van der Waals surface area contributed by atoms with Crippen molar-refractivity contribution in [1.82, 2.24) is 24.9 Å². The normalized spacial score (nSPS) is 21.7. The third-order valence-corrected chi connectivity index (χ3v) is 4.97. The SMILES string of the molecule is CCN1CCN(CC)CC(=O)NCCN(CC)C(=O)CN(CC)CC1. The van der Waals surface area contributed by atoms with Crippen molar-refractivity contribution in [2.24, 2.45) is 0 Å². The second-order valence-corrected chi connectivity index (χ2v) is 6.50. The van der Waals surface area contributed by atoms with Gasteiger partial charge in [0, 0.05) is 45.8 Å². The molecule has 1 rings (SSSR count). The van der Waals surface area contributed by atoms with E-state index in [1.165, 1.54) is 0 Å². The van der Waals surface area contributed by atoms with Gasteiger partial charge in [0.2, 0.25) is 11.8 Å². The van der Waals surface area contributed by atoms with Gasteiger partial charge in [-0.3, -0.25) is 19.4 Å². The van der Waals surface area contributed by atoms with Gasteiger partial charge in [0.1, 0.15) is 0 Å². The number of hydrogen-bond donors (Lipinski definition) is 1. The van der Waals surface area contributed by atoms with E-state index in [1.54, 1.807) is 0 Å². The highest BCUT2D eigenvalue weighted by atomic mass is 16.2. The summed E-state index contributed by atoms with van der Waals surface area (Å²) in [6, 6.07) is 0. The first kappa shape index (κ1) is 21.9. The summed E-state index contributed by atoms with van der Waals surface area (Å²) in [5, 5.41) is 2.95. The monoisotopic (exact) mass is 355 g/mol. The van der Waals surface area contributed by atoms with E-state index in [0.717, 1.165) is 45.8 Å². The van der Waals surface area contributed by atoms with Crippen LogP contribution in [0.15, 0.2) is 0 Å². The highest BCUT2D eigenvalue weighted by molar-refractivity contribution is 5.79. The number of carbonyl (C=O) groups is 2. The molecule has 25 heavy (non-hydrogen) atoms. The van der Waals surface area contributed by atoms with Gasteiger partial charge in [0.25, 0.3) is 0 Å². The molecule has 0 radical (unpaired) electrons. The molecule has 1 N–H and O–H groups in total. The van der Waals surface area contributed by atoms with Crippen molar-refractivity contribution < 1.29 is 9.59 Å². The average Bonchev–Trinajstić information content (AvgIpc) is 2.62. The Bertz CT molecular complexity index is 405. The minimum Gasteiger partial charge on any atom is -0.353 e. The van der Waals surface area contributed by atoms with Crippen molar-refractivity contribution in [1.29, 1.82) is 0 Å². The van der Waals surface area contributed by atoms with Crippen LogP contribution >= 0.6 is 0 Å². The van der Waals surface area contributed by atoms with Crippen molar-refractivity contribution in [3.63, 3.8) is 0 Å². The molecule has 0 atom stereocenters. The van der Waals surface area contributed by atoms with Crippen molar-refractivity contribution in [3.8, 4) is 0 Å². The smallest absolute Gasteiger partial charge is 0.236 e. The maximum Gasteiger partial charge on any atom is 0.236 e. The number of carbonyl (C=O) groups excluding carboxylic acids is 2. The molecule has 1 aliphatic rings. The van der Waals surface area contributed by atoms with Crippen LogP contribution in [0, 0.1) is 0 Å². The Balaban J connectivity index is 2.79. The molecule has 0 aromatic rings. The summed E-state index contributed by atoms with van der Waals surface area (Å²) in [4.78, 5) is 33.3. The molecule has 146 valence electrons. The Morgan fingerprint density at radius 3 is 1.76 bits per heavy atom. The van der Waals surface area contributed by atoms with Crippen LogP contribution < -0.4 is 5.32 Å². The molecule has 1 saturated heterocycles. The molecule has 0 bridgehead atoms. The third-order valence-electron chi connectivity index (χ3n) is 4.97. The largest absolute Gasteiger partial charge is 0.353 e. The maximum absolute atomic E-state index is 12.5. The highest BCUT2D eigenvalue weighted by Crippen LogP contribution is 1.99. The minimum atomic E-state index is 0.0402. The fourth-order valence-electron chi connectivity index (χ4n) is 3.03. The van der Waals surface area contributed by atoms with E-state index in [2.05, 4.69) is 40.8 Å². The fourth-order valence-corrected chi connectivity index (χ4v) is 3.03. The molecule has 0 unspecified atom stereocenters. The van der Waals surface area contributed by atoms with E-state index in [9.17, 15) is 9.59 Å². The summed E-state index contributed by atoms with van der Waals surface area (Å²) in [5.41, 5.74) is 0. The number of hydrogen-bond acceptors (Lipinski definition) is 5. The predicted molar refractivity (Wildman–Crippen MR) is 102 cm³/mol. The van der Waals surface area contributed by atoms with Gasteiger partial charge in [-0.1, -0.05) is 20.8 Å². The lowest BCUT2D eigenvalue weighted by molar-refractivity contribution is -0.132. The van der Waals surface area contributed by atoms with Gasteiger partial charge in [0.15, 0.2) is 0 Å². The van der Waals surface area contributed by atoms with Gasteiger partial charge in [-0.15, -0.1) is 0 Å². The molecule has 0 spiro atoms. The first-order valence-corrected chi connectivity index (χ1v) is 9.75. The van der Waals surface area contributed by atoms with Crippen LogP contribution in [-0.2, 0) is 9.59 Å². The van der Waals surface area contributed by atoms with Gasteiger partial charge in [0.05, 0.1) is 13.1 Å². The molecule has 0 aliphatic carbocycles. The number of rotatable bonds is 4. The van der Waals surface area contributed by atoms with Gasteiger partial charge in [-0.25, -0.2) is 0 Å². The van der Waals surface area contributed by atoms with Gasteiger partial charge in [-0.2, -0.15) is 0 Å². The van der Waals surface area contributed by atoms with E-state index < -0.39 is 0 Å². The standard InChI is InChI=1S/C18H37N5O2/c1-5-20-11-13-21(6-2)15-17(24)19-9-10-23(8-4)18(25)16-22(7-3)14-12-20/h5-16H2,1-4H3,(H,19,24). The van der Waals surface area contributed by atoms with Gasteiger partial charge < -0.3 is 15.1 Å². The summed E-state index contributed by atoms with van der Waals surface area (Å²) in [7, 11) is 0. The lowest BCUT2D eigenvalue weighted by Gasteiger charge is -2.29. The molecular weight excluding hydrogens is 318 g/mol. The molecule has 0 aromatic carbocycles. The second-order valence-electron chi connectivity index (χ2n) is 6.50. The minimum absolute atomic E-state index is 0.0402. The van der Waals surface area contributed by atoms with Crippen LogP contribution in [0.5, 0.6) is 0 Å². The number of nitrogens with zero attached hydrogens (tertiary/aromatic N) is 4. The van der Waals surface area contributed by atoms with E-state index in [-0.39, 0.29) is 11.8 Å². The molecule has 1 fully saturated rings. The Kier molecular flexibility index (Phi) is 10.7. The lowest BCUT2D eigenvalue weighted by atomic mass is 10.3. The third kappa shape index (κ3) is 8.16. The summed E-state index contributed by atoms with van der Waals surface area (Å²) >= 11 is 0. The van der Waals surface area contributed by atoms with Crippen LogP contribution in [0.1, 0.15) is 27.7 Å². The summed E-state index contributed by atoms with van der Waals surface area (Å²) in [6.07, 6.45) is 0. The molecule has 1 heterocycles. The zero-order valence-electron chi connectivity index (χ0n) is 16.6. The predicted octanol–water partition coefficient (Wildman–Crippen LogP) is -0.0696. The number of nitrogens with one attached hydrogen (secondary N) is 1. The van der Waals surface area contributed by atoms with Crippen LogP contribution in [0.2, 0.25) is 0 Å². The Morgan fingerprint density at radius 2 is 1.24 bits per heavy atom. The first-order valence-electron chi connectivity index (χ1n) is 9.75. The van der Waals surface area contributed by atoms with Crippen LogP contribution in [0.3, 0.4) is 0 Å². The van der Waals surface area contributed by atoms with Crippen molar-refractivity contribution in [3.05, 3.63) is 0 Å². The summed E-state index contributed by atoms with van der Waals surface area (Å²) < 4.78 is 0. The highest BCUT2D eigenvalue weighted by Gasteiger charge is 2.18. The number of amides is 2. The van der Waals surface area contributed by atoms with Crippen LogP contribution in [-0.4, -0.2) is 110 Å². The van der Waals surface area contributed by atoms with E-state index in [0.29, 0.717) is 32.7 Å². The fraction of sp³-hybridized carbons (Fsp3) is 0.889. The zero-order chi connectivity index (χ0) is 18.7. The molecule has 2 amide bonds. The Morgan fingerprint density at radius 1 is 0.720 bits per heavy atom. The zero-order valence-corrected chi connectivity index (χ0v) is 16.6. The topological polar surface area (TPSA) is 59.1 Å². The second kappa shape index (κ2) is 12.2. The van der Waals surface area contributed by atoms with Crippen molar-refractivity contribution >= 4 is 11.8 Å². The lowest BCUT2D eigenvalue weighted by Crippen LogP contribution is -2.45. The Labute approximate surface area is 153 Å². The van der Waals surface area contributed by atoms with Crippen molar-refractivity contribution in [2.75, 3.05) is 78.5 Å². The van der Waals surface area contributed by atoms with Crippen molar-refractivity contribution in [2.45, 2.75) is 27.7 Å². The van der Waals surface area contributed by atoms with E-state index in [4.69, 9.17) is 0 Å².